The van der Waals surface area contributed by atoms with Crippen molar-refractivity contribution in [3.63, 3.8) is 0 Å². The fourth-order valence-corrected chi connectivity index (χ4v) is 2.71. The van der Waals surface area contributed by atoms with Crippen LogP contribution in [0, 0.1) is 0 Å². The Morgan fingerprint density at radius 3 is 3.12 bits per heavy atom. The van der Waals surface area contributed by atoms with Crippen LogP contribution in [0.25, 0.3) is 5.69 Å². The molecule has 1 aromatic heterocycles. The zero-order valence-corrected chi connectivity index (χ0v) is 9.84. The third-order valence-corrected chi connectivity index (χ3v) is 3.62. The Morgan fingerprint density at radius 1 is 1.41 bits per heavy atom. The summed E-state index contributed by atoms with van der Waals surface area (Å²) in [4.78, 5) is 0. The molecule has 3 nitrogen and oxygen atoms in total. The van der Waals surface area contributed by atoms with E-state index in [1.54, 1.807) is 0 Å². The van der Waals surface area contributed by atoms with E-state index in [1.807, 2.05) is 23.1 Å². The molecule has 3 heteroatoms. The van der Waals surface area contributed by atoms with Gasteiger partial charge in [0, 0.05) is 12.4 Å². The van der Waals surface area contributed by atoms with Crippen LogP contribution in [0.1, 0.15) is 29.9 Å². The Bertz CT molecular complexity index is 502. The summed E-state index contributed by atoms with van der Waals surface area (Å²) in [6.45, 7) is 0.758. The van der Waals surface area contributed by atoms with Crippen LogP contribution in [0.2, 0.25) is 0 Å². The fourth-order valence-electron chi connectivity index (χ4n) is 2.71. The van der Waals surface area contributed by atoms with Crippen molar-refractivity contribution in [2.24, 2.45) is 5.73 Å². The largest absolute Gasteiger partial charge is 0.330 e. The summed E-state index contributed by atoms with van der Waals surface area (Å²) >= 11 is 0. The molecule has 2 N–H and O–H groups in total. The molecule has 0 bridgehead atoms. The second-order valence-corrected chi connectivity index (χ2v) is 4.66. The minimum absolute atomic E-state index is 0.547. The van der Waals surface area contributed by atoms with Crippen LogP contribution in [0.5, 0.6) is 0 Å². The van der Waals surface area contributed by atoms with Crippen molar-refractivity contribution in [3.05, 3.63) is 47.8 Å². The Hall–Kier alpha value is -1.61. The monoisotopic (exact) mass is 227 g/mol. The van der Waals surface area contributed by atoms with E-state index in [4.69, 9.17) is 5.73 Å². The van der Waals surface area contributed by atoms with Gasteiger partial charge in [-0.25, -0.2) is 4.68 Å². The molecule has 17 heavy (non-hydrogen) atoms. The molecule has 88 valence electrons. The first-order valence-corrected chi connectivity index (χ1v) is 6.21. The summed E-state index contributed by atoms with van der Waals surface area (Å²) in [5.41, 5.74) is 9.86. The van der Waals surface area contributed by atoms with Gasteiger partial charge in [0.1, 0.15) is 0 Å². The summed E-state index contributed by atoms with van der Waals surface area (Å²) in [5, 5.41) is 4.27. The third kappa shape index (κ3) is 1.87. The normalized spacial score (nSPS) is 19.0. The smallest absolute Gasteiger partial charge is 0.0648 e. The van der Waals surface area contributed by atoms with Gasteiger partial charge in [0.05, 0.1) is 5.69 Å². The topological polar surface area (TPSA) is 43.8 Å². The lowest BCUT2D eigenvalue weighted by atomic mass is 9.83. The average Bonchev–Trinajstić information content (AvgIpc) is 2.91. The molecule has 3 rings (SSSR count). The molecule has 1 aliphatic rings. The number of benzene rings is 1. The van der Waals surface area contributed by atoms with E-state index in [2.05, 4.69) is 23.3 Å². The first-order valence-electron chi connectivity index (χ1n) is 6.21. The number of nitrogens with zero attached hydrogens (tertiary/aromatic N) is 2. The quantitative estimate of drug-likeness (QED) is 0.855. The minimum atomic E-state index is 0.547. The molecule has 0 fully saturated rings. The van der Waals surface area contributed by atoms with E-state index in [1.165, 1.54) is 30.4 Å². The van der Waals surface area contributed by atoms with Gasteiger partial charge < -0.3 is 5.73 Å². The number of aryl methyl sites for hydroxylation is 1. The molecule has 0 spiro atoms. The molecular formula is C14H17N3. The van der Waals surface area contributed by atoms with Gasteiger partial charge >= 0.3 is 0 Å². The first kappa shape index (κ1) is 10.5. The van der Waals surface area contributed by atoms with E-state index in [-0.39, 0.29) is 0 Å². The Balaban J connectivity index is 2.02. The molecular weight excluding hydrogens is 210 g/mol. The van der Waals surface area contributed by atoms with Gasteiger partial charge in [-0.05, 0) is 61.1 Å². The van der Waals surface area contributed by atoms with Crippen LogP contribution in [0.4, 0.5) is 0 Å². The van der Waals surface area contributed by atoms with E-state index >= 15 is 0 Å². The number of fused-ring (bicyclic) bond motifs is 1. The fraction of sp³-hybridized carbons (Fsp3) is 0.357. The average molecular weight is 227 g/mol. The standard InChI is InChI=1S/C14H17N3/c15-10-12-4-1-3-11-9-13(5-6-14(11)12)17-8-2-7-16-17/h2,5-9,12H,1,3-4,10,15H2. The zero-order valence-electron chi connectivity index (χ0n) is 9.84. The maximum Gasteiger partial charge on any atom is 0.0648 e. The van der Waals surface area contributed by atoms with Crippen molar-refractivity contribution in [2.45, 2.75) is 25.2 Å². The molecule has 0 saturated carbocycles. The number of rotatable bonds is 2. The summed E-state index contributed by atoms with van der Waals surface area (Å²) < 4.78 is 1.91. The van der Waals surface area contributed by atoms with Crippen LogP contribution in [-0.2, 0) is 6.42 Å². The van der Waals surface area contributed by atoms with Crippen molar-refractivity contribution < 1.29 is 0 Å². The van der Waals surface area contributed by atoms with Gasteiger partial charge in [0.2, 0.25) is 0 Å². The van der Waals surface area contributed by atoms with Crippen molar-refractivity contribution in [1.82, 2.24) is 9.78 Å². The number of hydrogen-bond acceptors (Lipinski definition) is 2. The lowest BCUT2D eigenvalue weighted by molar-refractivity contribution is 0.560. The number of aromatic nitrogens is 2. The molecule has 2 aromatic rings. The zero-order chi connectivity index (χ0) is 11.7. The molecule has 1 heterocycles. The molecule has 0 amide bonds. The highest BCUT2D eigenvalue weighted by Crippen LogP contribution is 2.31. The van der Waals surface area contributed by atoms with Crippen molar-refractivity contribution in [3.8, 4) is 5.69 Å². The van der Waals surface area contributed by atoms with Gasteiger partial charge in [0.15, 0.2) is 0 Å². The Kier molecular flexibility index (Phi) is 2.69. The Labute approximate surface area is 101 Å². The second kappa shape index (κ2) is 4.34. The van der Waals surface area contributed by atoms with Gasteiger partial charge in [-0.3, -0.25) is 0 Å². The van der Waals surface area contributed by atoms with Gasteiger partial charge in [0.25, 0.3) is 0 Å². The molecule has 1 atom stereocenters. The van der Waals surface area contributed by atoms with E-state index in [0.717, 1.165) is 12.2 Å². The highest BCUT2D eigenvalue weighted by molar-refractivity contribution is 5.43. The maximum atomic E-state index is 5.83. The summed E-state index contributed by atoms with van der Waals surface area (Å²) in [6.07, 6.45) is 7.43. The van der Waals surface area contributed by atoms with E-state index in [9.17, 15) is 0 Å². The minimum Gasteiger partial charge on any atom is -0.330 e. The third-order valence-electron chi connectivity index (χ3n) is 3.62. The van der Waals surface area contributed by atoms with Crippen LogP contribution < -0.4 is 5.73 Å². The van der Waals surface area contributed by atoms with E-state index < -0.39 is 0 Å². The SMILES string of the molecule is NCC1CCCc2cc(-n3cccn3)ccc21. The van der Waals surface area contributed by atoms with Crippen molar-refractivity contribution >= 4 is 0 Å². The number of nitrogens with two attached hydrogens (primary N) is 1. The molecule has 0 radical (unpaired) electrons. The number of hydrogen-bond donors (Lipinski definition) is 1. The molecule has 0 aliphatic heterocycles. The summed E-state index contributed by atoms with van der Waals surface area (Å²) in [6, 6.07) is 8.56. The van der Waals surface area contributed by atoms with Gasteiger partial charge in [-0.2, -0.15) is 5.10 Å². The summed E-state index contributed by atoms with van der Waals surface area (Å²) in [5.74, 6) is 0.547. The van der Waals surface area contributed by atoms with Crippen LogP contribution in [-0.4, -0.2) is 16.3 Å². The molecule has 0 saturated heterocycles. The van der Waals surface area contributed by atoms with Crippen LogP contribution in [0.15, 0.2) is 36.7 Å². The maximum absolute atomic E-state index is 5.83. The second-order valence-electron chi connectivity index (χ2n) is 4.66. The molecule has 1 aliphatic carbocycles. The van der Waals surface area contributed by atoms with Crippen LogP contribution >= 0.6 is 0 Å². The van der Waals surface area contributed by atoms with Crippen molar-refractivity contribution in [1.29, 1.82) is 0 Å². The van der Waals surface area contributed by atoms with Crippen molar-refractivity contribution in [2.75, 3.05) is 6.54 Å². The van der Waals surface area contributed by atoms with Gasteiger partial charge in [-0.15, -0.1) is 0 Å². The molecule has 1 unspecified atom stereocenters. The highest BCUT2D eigenvalue weighted by Gasteiger charge is 2.19. The van der Waals surface area contributed by atoms with E-state index in [0.29, 0.717) is 5.92 Å². The Morgan fingerprint density at radius 2 is 2.35 bits per heavy atom. The van der Waals surface area contributed by atoms with Crippen LogP contribution in [0.3, 0.4) is 0 Å². The predicted octanol–water partition coefficient (Wildman–Crippen LogP) is 2.25. The lowest BCUT2D eigenvalue weighted by Gasteiger charge is -2.24. The first-order chi connectivity index (χ1) is 8.38. The summed E-state index contributed by atoms with van der Waals surface area (Å²) in [7, 11) is 0. The predicted molar refractivity (Wildman–Crippen MR) is 68.3 cm³/mol. The lowest BCUT2D eigenvalue weighted by Crippen LogP contribution is -2.18. The highest BCUT2D eigenvalue weighted by atomic mass is 15.3. The molecule has 1 aromatic carbocycles. The van der Waals surface area contributed by atoms with Gasteiger partial charge in [-0.1, -0.05) is 6.07 Å².